The SMILES string of the molecule is CCOC(=O)c1sc2ncnc(OCC(=O)N[C@@H]3CCCC[C@H]3C)c2c1C. The zero-order chi connectivity index (χ0) is 19.4. The van der Waals surface area contributed by atoms with Crippen LogP contribution in [0.15, 0.2) is 6.33 Å². The van der Waals surface area contributed by atoms with Gasteiger partial charge in [-0.2, -0.15) is 0 Å². The second-order valence-corrected chi connectivity index (χ2v) is 7.86. The number of hydrogen-bond donors (Lipinski definition) is 1. The van der Waals surface area contributed by atoms with Gasteiger partial charge in [0, 0.05) is 6.04 Å². The van der Waals surface area contributed by atoms with Crippen LogP contribution >= 0.6 is 11.3 Å². The van der Waals surface area contributed by atoms with Gasteiger partial charge in [-0.25, -0.2) is 14.8 Å². The first kappa shape index (κ1) is 19.5. The molecule has 1 aliphatic carbocycles. The number of fused-ring (bicyclic) bond motifs is 1. The van der Waals surface area contributed by atoms with Gasteiger partial charge in [0.1, 0.15) is 16.0 Å². The first-order valence-corrected chi connectivity index (χ1v) is 10.2. The summed E-state index contributed by atoms with van der Waals surface area (Å²) >= 11 is 1.24. The molecule has 0 unspecified atom stereocenters. The van der Waals surface area contributed by atoms with Crippen molar-refractivity contribution in [1.29, 1.82) is 0 Å². The topological polar surface area (TPSA) is 90.4 Å². The number of aryl methyl sites for hydroxylation is 1. The number of rotatable bonds is 6. The number of carbonyl (C=O) groups excluding carboxylic acids is 2. The van der Waals surface area contributed by atoms with Crippen molar-refractivity contribution in [3.05, 3.63) is 16.8 Å². The number of amides is 1. The molecule has 1 fully saturated rings. The van der Waals surface area contributed by atoms with E-state index in [0.717, 1.165) is 19.3 Å². The molecule has 1 amide bonds. The normalized spacial score (nSPS) is 19.7. The molecule has 7 nitrogen and oxygen atoms in total. The van der Waals surface area contributed by atoms with E-state index in [-0.39, 0.29) is 24.5 Å². The Morgan fingerprint density at radius 1 is 1.30 bits per heavy atom. The Hall–Kier alpha value is -2.22. The van der Waals surface area contributed by atoms with Crippen molar-refractivity contribution in [2.45, 2.75) is 52.5 Å². The number of nitrogens with one attached hydrogen (secondary N) is 1. The van der Waals surface area contributed by atoms with Crippen LogP contribution in [0.1, 0.15) is 54.8 Å². The van der Waals surface area contributed by atoms with E-state index in [1.54, 1.807) is 6.92 Å². The van der Waals surface area contributed by atoms with E-state index < -0.39 is 0 Å². The largest absolute Gasteiger partial charge is 0.467 e. The van der Waals surface area contributed by atoms with Gasteiger partial charge in [-0.05, 0) is 38.2 Å². The Kier molecular flexibility index (Phi) is 6.26. The summed E-state index contributed by atoms with van der Waals surface area (Å²) in [6, 6.07) is 0.207. The van der Waals surface area contributed by atoms with Gasteiger partial charge in [0.15, 0.2) is 6.61 Å². The minimum absolute atomic E-state index is 0.112. The highest BCUT2D eigenvalue weighted by Crippen LogP contribution is 2.34. The highest BCUT2D eigenvalue weighted by molar-refractivity contribution is 7.20. The molecule has 3 rings (SSSR count). The molecule has 8 heteroatoms. The number of carbonyl (C=O) groups is 2. The molecule has 0 saturated heterocycles. The van der Waals surface area contributed by atoms with Crippen molar-refractivity contribution in [3.63, 3.8) is 0 Å². The number of esters is 1. The van der Waals surface area contributed by atoms with Crippen LogP contribution in [-0.4, -0.2) is 41.1 Å². The van der Waals surface area contributed by atoms with Crippen molar-refractivity contribution in [1.82, 2.24) is 15.3 Å². The Labute approximate surface area is 162 Å². The second-order valence-electron chi connectivity index (χ2n) is 6.86. The van der Waals surface area contributed by atoms with Gasteiger partial charge in [-0.15, -0.1) is 11.3 Å². The van der Waals surface area contributed by atoms with Gasteiger partial charge in [0.05, 0.1) is 12.0 Å². The number of aromatic nitrogens is 2. The van der Waals surface area contributed by atoms with E-state index in [1.807, 2.05) is 6.92 Å². The molecule has 0 aliphatic heterocycles. The van der Waals surface area contributed by atoms with Crippen LogP contribution < -0.4 is 10.1 Å². The number of ether oxygens (including phenoxy) is 2. The Morgan fingerprint density at radius 2 is 2.07 bits per heavy atom. The number of hydrogen-bond acceptors (Lipinski definition) is 7. The summed E-state index contributed by atoms with van der Waals surface area (Å²) < 4.78 is 10.8. The molecule has 2 atom stereocenters. The molecule has 1 aliphatic rings. The standard InChI is InChI=1S/C19H25N3O4S/c1-4-25-19(24)16-12(3)15-17(20-10-21-18(15)27-16)26-9-14(23)22-13-8-6-5-7-11(13)2/h10-11,13H,4-9H2,1-3H3,(H,22,23)/t11-,13-/m1/s1. The Balaban J connectivity index is 1.71. The van der Waals surface area contributed by atoms with Crippen LogP contribution in [0.4, 0.5) is 0 Å². The number of nitrogens with zero attached hydrogens (tertiary/aromatic N) is 2. The zero-order valence-electron chi connectivity index (χ0n) is 15.9. The molecular formula is C19H25N3O4S. The third-order valence-corrected chi connectivity index (χ3v) is 6.13. The smallest absolute Gasteiger partial charge is 0.348 e. The van der Waals surface area contributed by atoms with Crippen LogP contribution in [-0.2, 0) is 9.53 Å². The molecule has 1 saturated carbocycles. The van der Waals surface area contributed by atoms with Crippen molar-refractivity contribution < 1.29 is 19.1 Å². The second kappa shape index (κ2) is 8.65. The first-order chi connectivity index (χ1) is 13.0. The fraction of sp³-hybridized carbons (Fsp3) is 0.579. The van der Waals surface area contributed by atoms with Crippen LogP contribution in [0, 0.1) is 12.8 Å². The maximum absolute atomic E-state index is 12.3. The molecule has 2 heterocycles. The van der Waals surface area contributed by atoms with Gasteiger partial charge < -0.3 is 14.8 Å². The van der Waals surface area contributed by atoms with Gasteiger partial charge in [-0.1, -0.05) is 19.8 Å². The lowest BCUT2D eigenvalue weighted by molar-refractivity contribution is -0.124. The lowest BCUT2D eigenvalue weighted by Gasteiger charge is -2.29. The molecule has 146 valence electrons. The van der Waals surface area contributed by atoms with Crippen molar-refractivity contribution in [2.75, 3.05) is 13.2 Å². The molecule has 0 radical (unpaired) electrons. The third kappa shape index (κ3) is 4.37. The van der Waals surface area contributed by atoms with Crippen molar-refractivity contribution in [2.24, 2.45) is 5.92 Å². The maximum atomic E-state index is 12.3. The molecule has 0 spiro atoms. The minimum atomic E-state index is -0.382. The van der Waals surface area contributed by atoms with E-state index in [0.29, 0.717) is 39.1 Å². The molecule has 1 N–H and O–H groups in total. The maximum Gasteiger partial charge on any atom is 0.348 e. The Bertz CT molecular complexity index is 836. The number of thiophene rings is 1. The predicted octanol–water partition coefficient (Wildman–Crippen LogP) is 3.25. The summed E-state index contributed by atoms with van der Waals surface area (Å²) in [6.07, 6.45) is 5.90. The monoisotopic (exact) mass is 391 g/mol. The zero-order valence-corrected chi connectivity index (χ0v) is 16.7. The van der Waals surface area contributed by atoms with Gasteiger partial charge >= 0.3 is 5.97 Å². The molecule has 27 heavy (non-hydrogen) atoms. The van der Waals surface area contributed by atoms with Crippen LogP contribution in [0.2, 0.25) is 0 Å². The Morgan fingerprint density at radius 3 is 2.81 bits per heavy atom. The molecule has 0 bridgehead atoms. The van der Waals surface area contributed by atoms with E-state index in [4.69, 9.17) is 9.47 Å². The lowest BCUT2D eigenvalue weighted by atomic mass is 9.86. The summed E-state index contributed by atoms with van der Waals surface area (Å²) in [7, 11) is 0. The van der Waals surface area contributed by atoms with E-state index >= 15 is 0 Å². The van der Waals surface area contributed by atoms with Crippen LogP contribution in [0.25, 0.3) is 10.2 Å². The van der Waals surface area contributed by atoms with Gasteiger partial charge in [0.2, 0.25) is 5.88 Å². The van der Waals surface area contributed by atoms with Crippen molar-refractivity contribution >= 4 is 33.4 Å². The molecular weight excluding hydrogens is 366 g/mol. The molecule has 2 aromatic rings. The van der Waals surface area contributed by atoms with Gasteiger partial charge in [0.25, 0.3) is 5.91 Å². The summed E-state index contributed by atoms with van der Waals surface area (Å²) in [6.45, 7) is 5.94. The lowest BCUT2D eigenvalue weighted by Crippen LogP contribution is -2.43. The average Bonchev–Trinajstić information content (AvgIpc) is 3.00. The summed E-state index contributed by atoms with van der Waals surface area (Å²) in [4.78, 5) is 33.9. The summed E-state index contributed by atoms with van der Waals surface area (Å²) in [5.74, 6) is 0.267. The molecule has 0 aromatic carbocycles. The van der Waals surface area contributed by atoms with Gasteiger partial charge in [-0.3, -0.25) is 4.79 Å². The third-order valence-electron chi connectivity index (χ3n) is 4.95. The van der Waals surface area contributed by atoms with Crippen LogP contribution in [0.3, 0.4) is 0 Å². The summed E-state index contributed by atoms with van der Waals surface area (Å²) in [5.41, 5.74) is 0.713. The average molecular weight is 391 g/mol. The summed E-state index contributed by atoms with van der Waals surface area (Å²) in [5, 5.41) is 3.72. The van der Waals surface area contributed by atoms with E-state index in [1.165, 1.54) is 24.1 Å². The minimum Gasteiger partial charge on any atom is -0.467 e. The molecule has 2 aromatic heterocycles. The van der Waals surface area contributed by atoms with Crippen molar-refractivity contribution in [3.8, 4) is 5.88 Å². The fourth-order valence-corrected chi connectivity index (χ4v) is 4.49. The highest BCUT2D eigenvalue weighted by Gasteiger charge is 2.24. The predicted molar refractivity (Wildman–Crippen MR) is 103 cm³/mol. The van der Waals surface area contributed by atoms with E-state index in [9.17, 15) is 9.59 Å². The quantitative estimate of drug-likeness (QED) is 0.760. The fourth-order valence-electron chi connectivity index (χ4n) is 3.45. The van der Waals surface area contributed by atoms with E-state index in [2.05, 4.69) is 22.2 Å². The highest BCUT2D eigenvalue weighted by atomic mass is 32.1. The first-order valence-electron chi connectivity index (χ1n) is 9.34. The van der Waals surface area contributed by atoms with Crippen LogP contribution in [0.5, 0.6) is 5.88 Å².